The van der Waals surface area contributed by atoms with Crippen LogP contribution < -0.4 is 5.32 Å². The lowest BCUT2D eigenvalue weighted by Gasteiger charge is -2.20. The Morgan fingerprint density at radius 3 is 2.47 bits per heavy atom. The van der Waals surface area contributed by atoms with Crippen LogP contribution in [-0.2, 0) is 19.0 Å². The number of esters is 1. The van der Waals surface area contributed by atoms with E-state index in [2.05, 4.69) is 5.32 Å². The first-order chi connectivity index (χ1) is 8.19. The van der Waals surface area contributed by atoms with Crippen LogP contribution in [0, 0.1) is 0 Å². The van der Waals surface area contributed by atoms with Gasteiger partial charge < -0.3 is 19.5 Å². The lowest BCUT2D eigenvalue weighted by molar-refractivity contribution is -0.146. The van der Waals surface area contributed by atoms with Gasteiger partial charge >= 0.3 is 5.97 Å². The van der Waals surface area contributed by atoms with E-state index in [9.17, 15) is 4.79 Å². The molecule has 102 valence electrons. The van der Waals surface area contributed by atoms with Crippen LogP contribution in [0.3, 0.4) is 0 Å². The second-order valence-electron chi connectivity index (χ2n) is 3.81. The van der Waals surface area contributed by atoms with Crippen molar-refractivity contribution in [1.29, 1.82) is 0 Å². The third-order valence-electron chi connectivity index (χ3n) is 2.43. The van der Waals surface area contributed by atoms with E-state index in [1.54, 1.807) is 14.2 Å². The summed E-state index contributed by atoms with van der Waals surface area (Å²) in [6.45, 7) is 5.34. The maximum Gasteiger partial charge on any atom is 0.323 e. The quantitative estimate of drug-likeness (QED) is 0.583. The number of hydrogen-bond donors (Lipinski definition) is 1. The fourth-order valence-electron chi connectivity index (χ4n) is 1.50. The second kappa shape index (κ2) is 10.5. The minimum Gasteiger partial charge on any atom is -0.465 e. The van der Waals surface area contributed by atoms with Gasteiger partial charge in [0, 0.05) is 20.8 Å². The Morgan fingerprint density at radius 1 is 1.29 bits per heavy atom. The van der Waals surface area contributed by atoms with Crippen molar-refractivity contribution in [2.24, 2.45) is 0 Å². The molecule has 5 heteroatoms. The monoisotopic (exact) mass is 247 g/mol. The van der Waals surface area contributed by atoms with Crippen molar-refractivity contribution in [3.8, 4) is 0 Å². The lowest BCUT2D eigenvalue weighted by Crippen LogP contribution is -2.43. The molecule has 5 nitrogen and oxygen atoms in total. The minimum atomic E-state index is -0.255. The van der Waals surface area contributed by atoms with Crippen molar-refractivity contribution in [3.05, 3.63) is 0 Å². The highest BCUT2D eigenvalue weighted by Crippen LogP contribution is 2.01. The van der Waals surface area contributed by atoms with Gasteiger partial charge in [0.05, 0.1) is 19.3 Å². The molecule has 2 atom stereocenters. The topological polar surface area (TPSA) is 56.8 Å². The number of nitrogens with one attached hydrogen (secondary N) is 1. The van der Waals surface area contributed by atoms with Crippen LogP contribution in [0.4, 0.5) is 0 Å². The molecule has 1 N–H and O–H groups in total. The summed E-state index contributed by atoms with van der Waals surface area (Å²) in [6, 6.07) is -0.255. The molecule has 0 aliphatic rings. The van der Waals surface area contributed by atoms with Gasteiger partial charge in [0.25, 0.3) is 0 Å². The van der Waals surface area contributed by atoms with Crippen LogP contribution in [0.15, 0.2) is 0 Å². The van der Waals surface area contributed by atoms with Gasteiger partial charge in [-0.25, -0.2) is 0 Å². The molecule has 0 aromatic heterocycles. The van der Waals surface area contributed by atoms with Gasteiger partial charge in [0.2, 0.25) is 0 Å². The summed E-state index contributed by atoms with van der Waals surface area (Å²) in [5.74, 6) is -0.193. The molecular weight excluding hydrogens is 222 g/mol. The molecule has 0 spiro atoms. The molecule has 0 aliphatic heterocycles. The first-order valence-electron chi connectivity index (χ1n) is 6.11. The Balaban J connectivity index is 4.09. The Labute approximate surface area is 104 Å². The van der Waals surface area contributed by atoms with Crippen molar-refractivity contribution >= 4 is 5.97 Å². The summed E-state index contributed by atoms with van der Waals surface area (Å²) >= 11 is 0. The van der Waals surface area contributed by atoms with E-state index in [1.165, 1.54) is 0 Å². The number of hydrogen-bond acceptors (Lipinski definition) is 5. The summed E-state index contributed by atoms with van der Waals surface area (Å²) < 4.78 is 15.2. The maximum atomic E-state index is 11.6. The van der Waals surface area contributed by atoms with Crippen LogP contribution in [0.1, 0.15) is 26.7 Å². The van der Waals surface area contributed by atoms with Crippen LogP contribution >= 0.6 is 0 Å². The molecule has 0 rings (SSSR count). The number of rotatable bonds is 10. The standard InChI is InChI=1S/C12H25NO4/c1-5-7-11(12(14)17-6-2)13-8-10(16-4)9-15-3/h10-11,13H,5-9H2,1-4H3. The van der Waals surface area contributed by atoms with Crippen LogP contribution in [0.25, 0.3) is 0 Å². The molecule has 0 saturated carbocycles. The molecule has 0 heterocycles. The average Bonchev–Trinajstić information content (AvgIpc) is 2.32. The van der Waals surface area contributed by atoms with Gasteiger partial charge in [-0.05, 0) is 13.3 Å². The van der Waals surface area contributed by atoms with E-state index < -0.39 is 0 Å². The predicted molar refractivity (Wildman–Crippen MR) is 66.0 cm³/mol. The van der Waals surface area contributed by atoms with Gasteiger partial charge in [-0.2, -0.15) is 0 Å². The first-order valence-corrected chi connectivity index (χ1v) is 6.11. The average molecular weight is 247 g/mol. The molecule has 0 aliphatic carbocycles. The van der Waals surface area contributed by atoms with E-state index in [-0.39, 0.29) is 18.1 Å². The molecule has 0 bridgehead atoms. The third kappa shape index (κ3) is 7.31. The van der Waals surface area contributed by atoms with Crippen molar-refractivity contribution < 1.29 is 19.0 Å². The van der Waals surface area contributed by atoms with Crippen LogP contribution in [0.2, 0.25) is 0 Å². The fourth-order valence-corrected chi connectivity index (χ4v) is 1.50. The normalized spacial score (nSPS) is 14.4. The summed E-state index contributed by atoms with van der Waals surface area (Å²) in [4.78, 5) is 11.6. The molecule has 0 amide bonds. The minimum absolute atomic E-state index is 0.0474. The zero-order chi connectivity index (χ0) is 13.1. The van der Waals surface area contributed by atoms with Crippen molar-refractivity contribution in [3.63, 3.8) is 0 Å². The van der Waals surface area contributed by atoms with E-state index >= 15 is 0 Å². The third-order valence-corrected chi connectivity index (χ3v) is 2.43. The lowest BCUT2D eigenvalue weighted by atomic mass is 10.1. The Kier molecular flexibility index (Phi) is 10.1. The van der Waals surface area contributed by atoms with Crippen LogP contribution in [-0.4, -0.2) is 52.1 Å². The number of carbonyl (C=O) groups excluding carboxylic acids is 1. The molecule has 2 unspecified atom stereocenters. The Bertz CT molecular complexity index is 199. The molecular formula is C12H25NO4. The highest BCUT2D eigenvalue weighted by Gasteiger charge is 2.19. The molecule has 0 saturated heterocycles. The summed E-state index contributed by atoms with van der Waals surface area (Å²) in [7, 11) is 3.26. The van der Waals surface area contributed by atoms with Crippen molar-refractivity contribution in [1.82, 2.24) is 5.32 Å². The maximum absolute atomic E-state index is 11.6. The smallest absolute Gasteiger partial charge is 0.323 e. The van der Waals surface area contributed by atoms with Crippen molar-refractivity contribution in [2.75, 3.05) is 34.0 Å². The van der Waals surface area contributed by atoms with Gasteiger partial charge in [-0.3, -0.25) is 4.79 Å². The zero-order valence-electron chi connectivity index (χ0n) is 11.3. The molecule has 0 radical (unpaired) electrons. The fraction of sp³-hybridized carbons (Fsp3) is 0.917. The van der Waals surface area contributed by atoms with Gasteiger partial charge in [-0.1, -0.05) is 13.3 Å². The second-order valence-corrected chi connectivity index (χ2v) is 3.81. The molecule has 0 aromatic rings. The SMILES string of the molecule is CCCC(NCC(COC)OC)C(=O)OCC. The first kappa shape index (κ1) is 16.4. The Morgan fingerprint density at radius 2 is 2.00 bits per heavy atom. The van der Waals surface area contributed by atoms with E-state index in [4.69, 9.17) is 14.2 Å². The van der Waals surface area contributed by atoms with E-state index in [0.717, 1.165) is 12.8 Å². The van der Waals surface area contributed by atoms with Gasteiger partial charge in [-0.15, -0.1) is 0 Å². The zero-order valence-corrected chi connectivity index (χ0v) is 11.3. The molecule has 17 heavy (non-hydrogen) atoms. The molecule has 0 aromatic carbocycles. The number of carbonyl (C=O) groups is 1. The highest BCUT2D eigenvalue weighted by molar-refractivity contribution is 5.75. The van der Waals surface area contributed by atoms with E-state index in [0.29, 0.717) is 19.8 Å². The molecule has 0 fully saturated rings. The Hall–Kier alpha value is -0.650. The summed E-state index contributed by atoms with van der Waals surface area (Å²) in [5.41, 5.74) is 0. The summed E-state index contributed by atoms with van der Waals surface area (Å²) in [6.07, 6.45) is 1.65. The summed E-state index contributed by atoms with van der Waals surface area (Å²) in [5, 5.41) is 3.16. The van der Waals surface area contributed by atoms with Crippen molar-refractivity contribution in [2.45, 2.75) is 38.8 Å². The number of methoxy groups -OCH3 is 2. The van der Waals surface area contributed by atoms with Gasteiger partial charge in [0.15, 0.2) is 0 Å². The predicted octanol–water partition coefficient (Wildman–Crippen LogP) is 0.969. The van der Waals surface area contributed by atoms with Gasteiger partial charge in [0.1, 0.15) is 6.04 Å². The number of ether oxygens (including phenoxy) is 3. The van der Waals surface area contributed by atoms with Crippen LogP contribution in [0.5, 0.6) is 0 Å². The highest BCUT2D eigenvalue weighted by atomic mass is 16.5. The van der Waals surface area contributed by atoms with E-state index in [1.807, 2.05) is 13.8 Å². The largest absolute Gasteiger partial charge is 0.465 e.